The third-order valence-corrected chi connectivity index (χ3v) is 3.59. The molecule has 0 bridgehead atoms. The van der Waals surface area contributed by atoms with Crippen LogP contribution in [0, 0.1) is 5.92 Å². The summed E-state index contributed by atoms with van der Waals surface area (Å²) in [5.41, 5.74) is 0. The Morgan fingerprint density at radius 2 is 2.00 bits per heavy atom. The van der Waals surface area contributed by atoms with Crippen molar-refractivity contribution in [1.29, 1.82) is 0 Å². The van der Waals surface area contributed by atoms with E-state index in [0.717, 1.165) is 25.6 Å². The van der Waals surface area contributed by atoms with Gasteiger partial charge in [-0.25, -0.2) is 0 Å². The van der Waals surface area contributed by atoms with Crippen molar-refractivity contribution in [2.45, 2.75) is 31.5 Å². The summed E-state index contributed by atoms with van der Waals surface area (Å²) < 4.78 is 35.6. The van der Waals surface area contributed by atoms with Crippen molar-refractivity contribution in [2.24, 2.45) is 5.92 Å². The fraction of sp³-hybridized carbons (Fsp3) is 0.917. The van der Waals surface area contributed by atoms with Crippen LogP contribution in [0.15, 0.2) is 0 Å². The Bertz CT molecular complexity index is 318. The minimum Gasteiger partial charge on any atom is -0.346 e. The van der Waals surface area contributed by atoms with E-state index in [1.54, 1.807) is 0 Å². The van der Waals surface area contributed by atoms with Gasteiger partial charge < -0.3 is 15.5 Å². The number of likely N-dealkylation sites (tertiary alicyclic amines) is 1. The fourth-order valence-corrected chi connectivity index (χ4v) is 2.45. The zero-order valence-corrected chi connectivity index (χ0v) is 10.8. The summed E-state index contributed by atoms with van der Waals surface area (Å²) in [5, 5.41) is 4.79. The number of hydrogen-bond donors (Lipinski definition) is 2. The molecule has 2 fully saturated rings. The molecule has 4 nitrogen and oxygen atoms in total. The largest absolute Gasteiger partial charge is 0.405 e. The Hall–Kier alpha value is -0.820. The molecule has 1 amide bonds. The van der Waals surface area contributed by atoms with Gasteiger partial charge >= 0.3 is 6.18 Å². The number of rotatable bonds is 6. The highest BCUT2D eigenvalue weighted by atomic mass is 19.4. The van der Waals surface area contributed by atoms with Gasteiger partial charge in [0.15, 0.2) is 0 Å². The highest BCUT2D eigenvalue weighted by molar-refractivity contribution is 5.77. The molecule has 1 aliphatic heterocycles. The van der Waals surface area contributed by atoms with Crippen molar-refractivity contribution < 1.29 is 18.0 Å². The lowest BCUT2D eigenvalue weighted by atomic mass is 10.1. The van der Waals surface area contributed by atoms with Gasteiger partial charge in [-0.1, -0.05) is 0 Å². The van der Waals surface area contributed by atoms with E-state index < -0.39 is 18.6 Å². The van der Waals surface area contributed by atoms with Crippen molar-refractivity contribution in [3.63, 3.8) is 0 Å². The van der Waals surface area contributed by atoms with E-state index in [9.17, 15) is 18.0 Å². The van der Waals surface area contributed by atoms with Crippen molar-refractivity contribution in [1.82, 2.24) is 15.5 Å². The number of nitrogens with one attached hydrogen (secondary N) is 2. The molecule has 1 aliphatic carbocycles. The Morgan fingerprint density at radius 3 is 2.63 bits per heavy atom. The van der Waals surface area contributed by atoms with Crippen LogP contribution < -0.4 is 10.6 Å². The molecule has 0 aromatic carbocycles. The predicted octanol–water partition coefficient (Wildman–Crippen LogP) is 0.739. The molecule has 2 N–H and O–H groups in total. The Labute approximate surface area is 110 Å². The molecule has 0 aromatic heterocycles. The molecule has 1 saturated heterocycles. The number of carbonyl (C=O) groups excluding carboxylic acids is 1. The maximum atomic E-state index is 11.9. The topological polar surface area (TPSA) is 44.4 Å². The molecule has 7 heteroatoms. The molecular weight excluding hydrogens is 259 g/mol. The summed E-state index contributed by atoms with van der Waals surface area (Å²) >= 11 is 0. The van der Waals surface area contributed by atoms with Gasteiger partial charge in [-0.2, -0.15) is 13.2 Å². The number of alkyl halides is 3. The van der Waals surface area contributed by atoms with E-state index in [0.29, 0.717) is 12.5 Å². The normalized spacial score (nSPS) is 24.7. The van der Waals surface area contributed by atoms with Crippen LogP contribution in [0.1, 0.15) is 19.3 Å². The van der Waals surface area contributed by atoms with Gasteiger partial charge in [0.1, 0.15) is 6.54 Å². The van der Waals surface area contributed by atoms with Crippen molar-refractivity contribution in [3.8, 4) is 0 Å². The average molecular weight is 279 g/mol. The lowest BCUT2D eigenvalue weighted by Crippen LogP contribution is -2.40. The molecule has 2 aliphatic rings. The summed E-state index contributed by atoms with van der Waals surface area (Å²) in [6.45, 7) is 1.55. The van der Waals surface area contributed by atoms with Crippen LogP contribution in [0.3, 0.4) is 0 Å². The second kappa shape index (κ2) is 6.09. The van der Waals surface area contributed by atoms with E-state index in [2.05, 4.69) is 10.2 Å². The first-order valence-corrected chi connectivity index (χ1v) is 6.72. The lowest BCUT2D eigenvalue weighted by Gasteiger charge is -2.15. The molecule has 0 radical (unpaired) electrons. The molecular formula is C12H20F3N3O. The molecule has 0 aromatic rings. The van der Waals surface area contributed by atoms with Crippen molar-refractivity contribution in [3.05, 3.63) is 0 Å². The molecule has 19 heavy (non-hydrogen) atoms. The third kappa shape index (κ3) is 5.36. The number of halogens is 3. The Kier molecular flexibility index (Phi) is 4.67. The average Bonchev–Trinajstić information content (AvgIpc) is 3.07. The van der Waals surface area contributed by atoms with Gasteiger partial charge in [0, 0.05) is 12.6 Å². The highest BCUT2D eigenvalue weighted by Crippen LogP contribution is 2.31. The Balaban J connectivity index is 1.53. The predicted molar refractivity (Wildman–Crippen MR) is 64.6 cm³/mol. The van der Waals surface area contributed by atoms with Crippen LogP contribution in [0.4, 0.5) is 13.2 Å². The molecule has 1 saturated carbocycles. The summed E-state index contributed by atoms with van der Waals surface area (Å²) in [5.74, 6) is -0.0922. The number of nitrogens with zero attached hydrogens (tertiary/aromatic N) is 1. The first-order chi connectivity index (χ1) is 8.94. The summed E-state index contributed by atoms with van der Waals surface area (Å²) in [4.78, 5) is 13.6. The second-order valence-corrected chi connectivity index (χ2v) is 5.40. The molecule has 110 valence electrons. The monoisotopic (exact) mass is 279 g/mol. The molecule has 1 unspecified atom stereocenters. The molecule has 1 atom stereocenters. The minimum absolute atomic E-state index is 0.0456. The molecule has 2 rings (SSSR count). The van der Waals surface area contributed by atoms with E-state index in [1.807, 2.05) is 5.32 Å². The maximum Gasteiger partial charge on any atom is 0.405 e. The molecule has 0 spiro atoms. The van der Waals surface area contributed by atoms with Gasteiger partial charge in [-0.3, -0.25) is 4.79 Å². The lowest BCUT2D eigenvalue weighted by molar-refractivity contribution is -0.137. The van der Waals surface area contributed by atoms with Crippen LogP contribution in [0.2, 0.25) is 0 Å². The summed E-state index contributed by atoms with van der Waals surface area (Å²) in [7, 11) is 0. The molecule has 1 heterocycles. The zero-order valence-electron chi connectivity index (χ0n) is 10.8. The van der Waals surface area contributed by atoms with E-state index in [4.69, 9.17) is 0 Å². The first-order valence-electron chi connectivity index (χ1n) is 6.72. The number of amides is 1. The van der Waals surface area contributed by atoms with Crippen LogP contribution in [0.25, 0.3) is 0 Å². The highest BCUT2D eigenvalue weighted by Gasteiger charge is 2.34. The van der Waals surface area contributed by atoms with Crippen molar-refractivity contribution >= 4 is 5.91 Å². The second-order valence-electron chi connectivity index (χ2n) is 5.40. The SMILES string of the molecule is O=C(CNCC1CCN(C2CC2)C1)NCC(F)(F)F. The summed E-state index contributed by atoms with van der Waals surface area (Å²) in [6.07, 6.45) is -0.653. The minimum atomic E-state index is -4.34. The zero-order chi connectivity index (χ0) is 13.9. The van der Waals surface area contributed by atoms with E-state index in [1.165, 1.54) is 12.8 Å². The number of hydrogen-bond acceptors (Lipinski definition) is 3. The van der Waals surface area contributed by atoms with Gasteiger partial charge in [0.25, 0.3) is 0 Å². The van der Waals surface area contributed by atoms with Crippen molar-refractivity contribution in [2.75, 3.05) is 32.7 Å². The van der Waals surface area contributed by atoms with E-state index in [-0.39, 0.29) is 6.54 Å². The van der Waals surface area contributed by atoms with Crippen LogP contribution >= 0.6 is 0 Å². The third-order valence-electron chi connectivity index (χ3n) is 3.59. The number of carbonyl (C=O) groups is 1. The van der Waals surface area contributed by atoms with Gasteiger partial charge in [0.05, 0.1) is 6.54 Å². The van der Waals surface area contributed by atoms with Gasteiger partial charge in [0.2, 0.25) is 5.91 Å². The Morgan fingerprint density at radius 1 is 1.26 bits per heavy atom. The van der Waals surface area contributed by atoms with Gasteiger partial charge in [-0.15, -0.1) is 0 Å². The standard InChI is InChI=1S/C12H20F3N3O/c13-12(14,15)8-17-11(19)6-16-5-9-3-4-18(7-9)10-1-2-10/h9-10,16H,1-8H2,(H,17,19). The summed E-state index contributed by atoms with van der Waals surface area (Å²) in [6, 6.07) is 0.764. The van der Waals surface area contributed by atoms with Crippen LogP contribution in [-0.4, -0.2) is 55.7 Å². The quantitative estimate of drug-likeness (QED) is 0.754. The smallest absolute Gasteiger partial charge is 0.346 e. The maximum absolute atomic E-state index is 11.9. The van der Waals surface area contributed by atoms with Gasteiger partial charge in [-0.05, 0) is 38.3 Å². The fourth-order valence-electron chi connectivity index (χ4n) is 2.45. The van der Waals surface area contributed by atoms with E-state index >= 15 is 0 Å². The van der Waals surface area contributed by atoms with Crippen LogP contribution in [0.5, 0.6) is 0 Å². The first kappa shape index (κ1) is 14.6. The van der Waals surface area contributed by atoms with Crippen LogP contribution in [-0.2, 0) is 4.79 Å².